The van der Waals surface area contributed by atoms with Gasteiger partial charge in [0.25, 0.3) is 0 Å². The van der Waals surface area contributed by atoms with E-state index in [1.165, 1.54) is 22.9 Å². The number of nitrogens with zero attached hydrogens (tertiary/aromatic N) is 4. The van der Waals surface area contributed by atoms with Crippen molar-refractivity contribution in [2.24, 2.45) is 10.7 Å². The van der Waals surface area contributed by atoms with Crippen molar-refractivity contribution in [1.82, 2.24) is 20.1 Å². The standard InChI is InChI=1S/C17H15ClN4S.C8H18N2O3/c1-9-10(2)23-17-15(9)16(12-4-6-13(18)7-5-12)19-8-14-21-20-11(3)22(14)17;1-8(11)10-3-5-13-7-6-12-4-2-9/h4-7H,8H2,1-3H3;2-7,9H2,1H3,(H,10,11). The summed E-state index contributed by atoms with van der Waals surface area (Å²) in [5, 5.41) is 13.0. The second kappa shape index (κ2) is 13.6. The van der Waals surface area contributed by atoms with Crippen LogP contribution in [0.15, 0.2) is 29.3 Å². The molecule has 1 amide bonds. The Balaban J connectivity index is 0.000000240. The molecule has 11 heteroatoms. The third kappa shape index (κ3) is 7.21. The van der Waals surface area contributed by atoms with Crippen molar-refractivity contribution in [3.63, 3.8) is 0 Å². The van der Waals surface area contributed by atoms with Crippen molar-refractivity contribution in [3.05, 3.63) is 62.5 Å². The Morgan fingerprint density at radius 2 is 1.81 bits per heavy atom. The van der Waals surface area contributed by atoms with Crippen LogP contribution >= 0.6 is 22.9 Å². The van der Waals surface area contributed by atoms with Gasteiger partial charge in [-0.25, -0.2) is 0 Å². The first-order chi connectivity index (χ1) is 17.3. The number of fused-ring (bicyclic) bond motifs is 3. The molecule has 194 valence electrons. The highest BCUT2D eigenvalue weighted by molar-refractivity contribution is 7.15. The number of nitrogens with two attached hydrogens (primary N) is 1. The quantitative estimate of drug-likeness (QED) is 0.408. The highest BCUT2D eigenvalue weighted by Crippen LogP contribution is 2.36. The van der Waals surface area contributed by atoms with Crippen LogP contribution in [0, 0.1) is 20.8 Å². The predicted molar refractivity (Wildman–Crippen MR) is 144 cm³/mol. The number of rotatable bonds is 9. The minimum Gasteiger partial charge on any atom is -0.378 e. The molecule has 0 saturated carbocycles. The number of carbonyl (C=O) groups excluding carboxylic acids is 1. The van der Waals surface area contributed by atoms with Crippen molar-refractivity contribution in [1.29, 1.82) is 0 Å². The van der Waals surface area contributed by atoms with Crippen LogP contribution in [0.1, 0.15) is 40.1 Å². The summed E-state index contributed by atoms with van der Waals surface area (Å²) >= 11 is 7.80. The molecule has 9 nitrogen and oxygen atoms in total. The summed E-state index contributed by atoms with van der Waals surface area (Å²) in [4.78, 5) is 16.6. The number of carbonyl (C=O) groups is 1. The number of thiophene rings is 1. The van der Waals surface area contributed by atoms with Gasteiger partial charge in [-0.3, -0.25) is 14.4 Å². The maximum absolute atomic E-state index is 10.4. The van der Waals surface area contributed by atoms with Gasteiger partial charge < -0.3 is 20.5 Å². The minimum atomic E-state index is -0.0389. The van der Waals surface area contributed by atoms with E-state index < -0.39 is 0 Å². The zero-order chi connectivity index (χ0) is 26.1. The molecule has 3 N–H and O–H groups in total. The Hall–Kier alpha value is -2.63. The second-order valence-electron chi connectivity index (χ2n) is 8.13. The summed E-state index contributed by atoms with van der Waals surface area (Å²) < 4.78 is 12.4. The van der Waals surface area contributed by atoms with Gasteiger partial charge in [-0.15, -0.1) is 21.5 Å². The third-order valence-corrected chi connectivity index (χ3v) is 6.89. The third-order valence-electron chi connectivity index (χ3n) is 5.45. The highest BCUT2D eigenvalue weighted by Gasteiger charge is 2.26. The summed E-state index contributed by atoms with van der Waals surface area (Å²) in [6.45, 7) is 11.5. The van der Waals surface area contributed by atoms with E-state index in [4.69, 9.17) is 31.8 Å². The summed E-state index contributed by atoms with van der Waals surface area (Å²) in [5.41, 5.74) is 9.73. The number of benzene rings is 1. The molecule has 0 saturated heterocycles. The number of amides is 1. The zero-order valence-electron chi connectivity index (χ0n) is 21.1. The van der Waals surface area contributed by atoms with Gasteiger partial charge in [0, 0.05) is 41.0 Å². The molecule has 0 radical (unpaired) electrons. The van der Waals surface area contributed by atoms with E-state index >= 15 is 0 Å². The molecule has 1 aliphatic rings. The number of ether oxygens (including phenoxy) is 2. The van der Waals surface area contributed by atoms with Crippen LogP contribution in [0.3, 0.4) is 0 Å². The molecule has 0 fully saturated rings. The van der Waals surface area contributed by atoms with Gasteiger partial charge in [0.2, 0.25) is 5.91 Å². The fourth-order valence-corrected chi connectivity index (χ4v) is 4.95. The second-order valence-corrected chi connectivity index (χ2v) is 9.77. The molecule has 0 unspecified atom stereocenters. The fraction of sp³-hybridized carbons (Fsp3) is 0.440. The van der Waals surface area contributed by atoms with E-state index in [1.54, 1.807) is 11.3 Å². The molecular weight excluding hydrogens is 500 g/mol. The molecular formula is C25H33ClN6O3S. The molecule has 0 atom stereocenters. The number of nitrogens with one attached hydrogen (secondary N) is 1. The van der Waals surface area contributed by atoms with Crippen molar-refractivity contribution < 1.29 is 14.3 Å². The number of aromatic nitrogens is 3. The van der Waals surface area contributed by atoms with E-state index in [2.05, 4.69) is 33.9 Å². The monoisotopic (exact) mass is 532 g/mol. The van der Waals surface area contributed by atoms with Crippen molar-refractivity contribution in [3.8, 4) is 5.00 Å². The van der Waals surface area contributed by atoms with Gasteiger partial charge in [-0.2, -0.15) is 0 Å². The highest BCUT2D eigenvalue weighted by atomic mass is 35.5. The topological polar surface area (TPSA) is 117 Å². The minimum absolute atomic E-state index is 0.0389. The lowest BCUT2D eigenvalue weighted by Crippen LogP contribution is -2.25. The van der Waals surface area contributed by atoms with Gasteiger partial charge in [0.05, 0.1) is 32.1 Å². The van der Waals surface area contributed by atoms with Crippen LogP contribution in [-0.2, 0) is 20.8 Å². The molecule has 0 spiro atoms. The number of aryl methyl sites for hydroxylation is 2. The predicted octanol–water partition coefficient (Wildman–Crippen LogP) is 3.37. The van der Waals surface area contributed by atoms with Crippen molar-refractivity contribution in [2.75, 3.05) is 39.5 Å². The maximum Gasteiger partial charge on any atom is 0.216 e. The number of hydrogen-bond acceptors (Lipinski definition) is 8. The van der Waals surface area contributed by atoms with E-state index in [1.807, 2.05) is 31.2 Å². The number of halogens is 1. The zero-order valence-corrected chi connectivity index (χ0v) is 22.7. The van der Waals surface area contributed by atoms with E-state index in [0.29, 0.717) is 46.1 Å². The van der Waals surface area contributed by atoms with Crippen LogP contribution in [0.25, 0.3) is 5.00 Å². The van der Waals surface area contributed by atoms with Crippen molar-refractivity contribution in [2.45, 2.75) is 34.2 Å². The Bertz CT molecular complexity index is 1190. The normalized spacial score (nSPS) is 12.1. The molecule has 3 heterocycles. The lowest BCUT2D eigenvalue weighted by molar-refractivity contribution is -0.119. The molecule has 0 bridgehead atoms. The van der Waals surface area contributed by atoms with E-state index in [-0.39, 0.29) is 5.91 Å². The van der Waals surface area contributed by atoms with E-state index in [0.717, 1.165) is 32.9 Å². The largest absolute Gasteiger partial charge is 0.378 e. The molecule has 2 aromatic heterocycles. The van der Waals surface area contributed by atoms with Gasteiger partial charge in [-0.1, -0.05) is 23.7 Å². The number of aliphatic imine (C=N–C) groups is 1. The van der Waals surface area contributed by atoms with Crippen molar-refractivity contribution >= 4 is 34.6 Å². The summed E-state index contributed by atoms with van der Waals surface area (Å²) in [6.07, 6.45) is 0. The maximum atomic E-state index is 10.4. The Labute approximate surface area is 220 Å². The average Bonchev–Trinajstić information content (AvgIpc) is 3.30. The van der Waals surface area contributed by atoms with Crippen LogP contribution < -0.4 is 11.1 Å². The summed E-state index contributed by atoms with van der Waals surface area (Å²) in [5.74, 6) is 1.74. The number of hydrogen-bond donors (Lipinski definition) is 2. The van der Waals surface area contributed by atoms with Crippen LogP contribution in [0.4, 0.5) is 0 Å². The molecule has 0 aliphatic carbocycles. The molecule has 1 aromatic carbocycles. The van der Waals surface area contributed by atoms with Gasteiger partial charge >= 0.3 is 0 Å². The van der Waals surface area contributed by atoms with Gasteiger partial charge in [-0.05, 0) is 38.5 Å². The molecule has 1 aliphatic heterocycles. The van der Waals surface area contributed by atoms with E-state index in [9.17, 15) is 4.79 Å². The molecule has 36 heavy (non-hydrogen) atoms. The van der Waals surface area contributed by atoms with Gasteiger partial charge in [0.1, 0.15) is 17.4 Å². The molecule has 3 aromatic rings. The Morgan fingerprint density at radius 1 is 1.11 bits per heavy atom. The van der Waals surface area contributed by atoms with Gasteiger partial charge in [0.15, 0.2) is 5.82 Å². The lowest BCUT2D eigenvalue weighted by atomic mass is 10.00. The van der Waals surface area contributed by atoms with Crippen LogP contribution in [0.2, 0.25) is 5.02 Å². The molecule has 4 rings (SSSR count). The Morgan fingerprint density at radius 3 is 2.47 bits per heavy atom. The first-order valence-corrected chi connectivity index (χ1v) is 12.9. The first-order valence-electron chi connectivity index (χ1n) is 11.8. The smallest absolute Gasteiger partial charge is 0.216 e. The fourth-order valence-electron chi connectivity index (χ4n) is 3.59. The lowest BCUT2D eigenvalue weighted by Gasteiger charge is -2.09. The summed E-state index contributed by atoms with van der Waals surface area (Å²) in [6, 6.07) is 7.86. The SMILES string of the molecule is CC(=O)NCCOCCOCCN.Cc1sc2c(c1C)C(c1ccc(Cl)cc1)=NCc1nnc(C)n1-2. The Kier molecular flexibility index (Phi) is 10.6. The van der Waals surface area contributed by atoms with Crippen LogP contribution in [0.5, 0.6) is 0 Å². The summed E-state index contributed by atoms with van der Waals surface area (Å²) in [7, 11) is 0. The first kappa shape index (κ1) is 27.9. The average molecular weight is 533 g/mol. The van der Waals surface area contributed by atoms with Crippen LogP contribution in [-0.4, -0.2) is 65.9 Å².